The molecule has 1 rings (SSSR count). The topological polar surface area (TPSA) is 83.4 Å². The molecule has 0 saturated heterocycles. The number of hydrogen-bond donors (Lipinski definition) is 3. The molecule has 0 aliphatic rings. The normalized spacial score (nSPS) is 10.1. The van der Waals surface area contributed by atoms with Gasteiger partial charge in [-0.2, -0.15) is 0 Å². The van der Waals surface area contributed by atoms with Gasteiger partial charge in [0.2, 0.25) is 0 Å². The highest BCUT2D eigenvalue weighted by atomic mass is 16.3. The molecule has 0 aliphatic heterocycles. The molecule has 0 radical (unpaired) electrons. The van der Waals surface area contributed by atoms with Gasteiger partial charge in [-0.05, 0) is 26.0 Å². The van der Waals surface area contributed by atoms with Crippen LogP contribution < -0.4 is 16.0 Å². The first-order valence-corrected chi connectivity index (χ1v) is 5.45. The number of nitrogens with one attached hydrogen (secondary N) is 3. The fourth-order valence-electron chi connectivity index (χ4n) is 1.16. The Labute approximate surface area is 99.8 Å². The highest BCUT2D eigenvalue weighted by Crippen LogP contribution is 1.98. The average molecular weight is 239 g/mol. The van der Waals surface area contributed by atoms with Crippen LogP contribution >= 0.6 is 0 Å². The zero-order chi connectivity index (χ0) is 12.7. The van der Waals surface area contributed by atoms with Crippen LogP contribution in [-0.2, 0) is 0 Å². The Bertz CT molecular complexity index is 360. The van der Waals surface area contributed by atoms with Crippen LogP contribution in [0.4, 0.5) is 4.79 Å². The summed E-state index contributed by atoms with van der Waals surface area (Å²) < 4.78 is 4.91. The molecule has 0 atom stereocenters. The lowest BCUT2D eigenvalue weighted by molar-refractivity contribution is 0.0926. The van der Waals surface area contributed by atoms with Crippen LogP contribution in [0, 0.1) is 0 Å². The second-order valence-corrected chi connectivity index (χ2v) is 3.79. The Morgan fingerprint density at radius 3 is 2.59 bits per heavy atom. The fraction of sp³-hybridized carbons (Fsp3) is 0.455. The van der Waals surface area contributed by atoms with E-state index in [2.05, 4.69) is 16.0 Å². The van der Waals surface area contributed by atoms with Gasteiger partial charge in [-0.15, -0.1) is 0 Å². The minimum Gasteiger partial charge on any atom is -0.459 e. The molecular weight excluding hydrogens is 222 g/mol. The Morgan fingerprint density at radius 2 is 2.00 bits per heavy atom. The van der Waals surface area contributed by atoms with Gasteiger partial charge in [0.25, 0.3) is 5.91 Å². The van der Waals surface area contributed by atoms with E-state index in [0.717, 1.165) is 0 Å². The highest BCUT2D eigenvalue weighted by Gasteiger charge is 2.07. The van der Waals surface area contributed by atoms with Gasteiger partial charge in [-0.3, -0.25) is 4.79 Å². The maximum Gasteiger partial charge on any atom is 0.315 e. The van der Waals surface area contributed by atoms with E-state index in [1.807, 2.05) is 13.8 Å². The summed E-state index contributed by atoms with van der Waals surface area (Å²) in [6, 6.07) is 3.07. The van der Waals surface area contributed by atoms with Crippen molar-refractivity contribution in [3.63, 3.8) is 0 Å². The van der Waals surface area contributed by atoms with E-state index < -0.39 is 0 Å². The van der Waals surface area contributed by atoms with Crippen molar-refractivity contribution in [1.82, 2.24) is 16.0 Å². The number of rotatable bonds is 5. The molecule has 6 heteroatoms. The maximum absolute atomic E-state index is 11.4. The lowest BCUT2D eigenvalue weighted by Crippen LogP contribution is -2.42. The van der Waals surface area contributed by atoms with Gasteiger partial charge in [-0.25, -0.2) is 4.79 Å². The van der Waals surface area contributed by atoms with E-state index in [1.165, 1.54) is 6.26 Å². The monoisotopic (exact) mass is 239 g/mol. The third-order valence-electron chi connectivity index (χ3n) is 1.86. The van der Waals surface area contributed by atoms with Gasteiger partial charge in [-0.1, -0.05) is 0 Å². The Kier molecular flexibility index (Phi) is 5.06. The van der Waals surface area contributed by atoms with Crippen molar-refractivity contribution in [2.24, 2.45) is 0 Å². The Balaban J connectivity index is 2.12. The van der Waals surface area contributed by atoms with Gasteiger partial charge in [0.1, 0.15) is 0 Å². The Hall–Kier alpha value is -1.98. The van der Waals surface area contributed by atoms with Crippen LogP contribution in [0.1, 0.15) is 24.4 Å². The van der Waals surface area contributed by atoms with Gasteiger partial charge >= 0.3 is 6.03 Å². The first kappa shape index (κ1) is 13.1. The number of carbonyl (C=O) groups is 2. The SMILES string of the molecule is CC(C)NC(=O)NCCNC(=O)c1ccco1. The lowest BCUT2D eigenvalue weighted by atomic mass is 10.4. The maximum atomic E-state index is 11.4. The van der Waals surface area contributed by atoms with Crippen molar-refractivity contribution < 1.29 is 14.0 Å². The van der Waals surface area contributed by atoms with E-state index in [-0.39, 0.29) is 23.7 Å². The van der Waals surface area contributed by atoms with Crippen LogP contribution in [0.15, 0.2) is 22.8 Å². The summed E-state index contributed by atoms with van der Waals surface area (Å²) in [6.45, 7) is 4.46. The van der Waals surface area contributed by atoms with Crippen molar-refractivity contribution in [2.45, 2.75) is 19.9 Å². The largest absolute Gasteiger partial charge is 0.459 e. The zero-order valence-corrected chi connectivity index (χ0v) is 9.95. The third kappa shape index (κ3) is 5.05. The number of amides is 3. The number of urea groups is 1. The summed E-state index contributed by atoms with van der Waals surface area (Å²) in [5.74, 6) is -0.0299. The van der Waals surface area contributed by atoms with Crippen molar-refractivity contribution in [3.8, 4) is 0 Å². The van der Waals surface area contributed by atoms with Gasteiger partial charge in [0, 0.05) is 19.1 Å². The number of carbonyl (C=O) groups excluding carboxylic acids is 2. The second kappa shape index (κ2) is 6.57. The molecule has 0 aromatic carbocycles. The van der Waals surface area contributed by atoms with E-state index in [0.29, 0.717) is 13.1 Å². The molecule has 3 N–H and O–H groups in total. The summed E-state index contributed by atoms with van der Waals surface area (Å²) in [4.78, 5) is 22.6. The number of hydrogen-bond acceptors (Lipinski definition) is 3. The molecule has 6 nitrogen and oxygen atoms in total. The van der Waals surface area contributed by atoms with Crippen LogP contribution in [0.3, 0.4) is 0 Å². The van der Waals surface area contributed by atoms with Crippen LogP contribution in [0.2, 0.25) is 0 Å². The lowest BCUT2D eigenvalue weighted by Gasteiger charge is -2.10. The van der Waals surface area contributed by atoms with E-state index in [4.69, 9.17) is 4.42 Å². The van der Waals surface area contributed by atoms with E-state index in [9.17, 15) is 9.59 Å². The van der Waals surface area contributed by atoms with Crippen molar-refractivity contribution in [1.29, 1.82) is 0 Å². The van der Waals surface area contributed by atoms with E-state index >= 15 is 0 Å². The molecular formula is C11H17N3O3. The molecule has 0 unspecified atom stereocenters. The van der Waals surface area contributed by atoms with Crippen LogP contribution in [-0.4, -0.2) is 31.1 Å². The summed E-state index contributed by atoms with van der Waals surface area (Å²) >= 11 is 0. The van der Waals surface area contributed by atoms with Crippen molar-refractivity contribution >= 4 is 11.9 Å². The van der Waals surface area contributed by atoms with Crippen molar-refractivity contribution in [2.75, 3.05) is 13.1 Å². The molecule has 3 amide bonds. The minimum absolute atomic E-state index is 0.0905. The average Bonchev–Trinajstić information content (AvgIpc) is 2.76. The molecule has 17 heavy (non-hydrogen) atoms. The van der Waals surface area contributed by atoms with Gasteiger partial charge in [0.15, 0.2) is 5.76 Å². The molecule has 0 bridgehead atoms. The standard InChI is InChI=1S/C11H17N3O3/c1-8(2)14-11(16)13-6-5-12-10(15)9-4-3-7-17-9/h3-4,7-8H,5-6H2,1-2H3,(H,12,15)(H2,13,14,16). The number of furan rings is 1. The van der Waals surface area contributed by atoms with Gasteiger partial charge < -0.3 is 20.4 Å². The quantitative estimate of drug-likeness (QED) is 0.662. The van der Waals surface area contributed by atoms with Crippen molar-refractivity contribution in [3.05, 3.63) is 24.2 Å². The molecule has 94 valence electrons. The van der Waals surface area contributed by atoms with Crippen LogP contribution in [0.25, 0.3) is 0 Å². The minimum atomic E-state index is -0.291. The molecule has 1 aromatic rings. The summed E-state index contributed by atoms with van der Waals surface area (Å²) in [6.07, 6.45) is 1.43. The molecule has 0 aliphatic carbocycles. The predicted molar refractivity (Wildman–Crippen MR) is 62.7 cm³/mol. The first-order valence-electron chi connectivity index (χ1n) is 5.45. The highest BCUT2D eigenvalue weighted by molar-refractivity contribution is 5.91. The molecule has 1 heterocycles. The molecule has 0 saturated carbocycles. The zero-order valence-electron chi connectivity index (χ0n) is 9.95. The molecule has 0 spiro atoms. The van der Waals surface area contributed by atoms with Crippen LogP contribution in [0.5, 0.6) is 0 Å². The first-order chi connectivity index (χ1) is 8.09. The summed E-state index contributed by atoms with van der Waals surface area (Å²) in [7, 11) is 0. The summed E-state index contributed by atoms with van der Waals surface area (Å²) in [5.41, 5.74) is 0. The smallest absolute Gasteiger partial charge is 0.315 e. The summed E-state index contributed by atoms with van der Waals surface area (Å²) in [5, 5.41) is 7.91. The Morgan fingerprint density at radius 1 is 1.29 bits per heavy atom. The predicted octanol–water partition coefficient (Wildman–Crippen LogP) is 0.717. The van der Waals surface area contributed by atoms with E-state index in [1.54, 1.807) is 12.1 Å². The fourth-order valence-corrected chi connectivity index (χ4v) is 1.16. The second-order valence-electron chi connectivity index (χ2n) is 3.79. The van der Waals surface area contributed by atoms with Gasteiger partial charge in [0.05, 0.1) is 6.26 Å². The third-order valence-corrected chi connectivity index (χ3v) is 1.86. The molecule has 1 aromatic heterocycles. The molecule has 0 fully saturated rings.